The summed E-state index contributed by atoms with van der Waals surface area (Å²) in [5.74, 6) is -2.42. The number of nitro groups is 1. The number of hydrogen-bond donors (Lipinski definition) is 0. The highest BCUT2D eigenvalue weighted by Crippen LogP contribution is 2.40. The van der Waals surface area contributed by atoms with Gasteiger partial charge >= 0.3 is 12.8 Å². The van der Waals surface area contributed by atoms with Crippen LogP contribution in [0, 0.1) is 10.1 Å². The van der Waals surface area contributed by atoms with E-state index in [1.807, 2.05) is 0 Å². The molecule has 0 spiro atoms. The van der Waals surface area contributed by atoms with Crippen LogP contribution in [-0.4, -0.2) is 17.3 Å². The first kappa shape index (κ1) is 15.8. The van der Waals surface area contributed by atoms with Crippen LogP contribution in [0.5, 0.6) is 5.75 Å². The van der Waals surface area contributed by atoms with E-state index in [1.165, 1.54) is 0 Å². The molecule has 0 aliphatic rings. The van der Waals surface area contributed by atoms with Crippen LogP contribution in [0.15, 0.2) is 12.1 Å². The molecule has 1 rings (SSSR count). The first-order valence-corrected chi connectivity index (χ1v) is 4.89. The summed E-state index contributed by atoms with van der Waals surface area (Å²) < 4.78 is 65.7. The van der Waals surface area contributed by atoms with E-state index in [2.05, 4.69) is 4.74 Å². The summed E-state index contributed by atoms with van der Waals surface area (Å²) in [6.07, 6.45) is -5.11. The van der Waals surface area contributed by atoms with Crippen LogP contribution >= 0.6 is 0 Å². The molecule has 0 bridgehead atoms. The third-order valence-electron chi connectivity index (χ3n) is 2.20. The molecule has 0 saturated heterocycles. The first-order chi connectivity index (χ1) is 9.04. The molecule has 1 aromatic rings. The monoisotopic (exact) mass is 299 g/mol. The Labute approximate surface area is 108 Å². The maximum atomic E-state index is 12.7. The smallest absolute Gasteiger partial charge is 0.419 e. The van der Waals surface area contributed by atoms with Crippen molar-refractivity contribution in [2.45, 2.75) is 19.7 Å². The second kappa shape index (κ2) is 5.39. The van der Waals surface area contributed by atoms with Crippen molar-refractivity contribution in [3.8, 4) is 5.75 Å². The van der Waals surface area contributed by atoms with E-state index in [1.54, 1.807) is 0 Å². The molecule has 0 aliphatic carbocycles. The first-order valence-electron chi connectivity index (χ1n) is 4.89. The minimum Gasteiger partial charge on any atom is -0.434 e. The number of carbonyl (C=O) groups excluding carboxylic acids is 1. The van der Waals surface area contributed by atoms with E-state index in [0.29, 0.717) is 0 Å². The van der Waals surface area contributed by atoms with Crippen LogP contribution in [0.2, 0.25) is 0 Å². The Morgan fingerprint density at radius 3 is 2.25 bits per heavy atom. The third kappa shape index (κ3) is 3.39. The number of carbonyl (C=O) groups is 1. The zero-order chi connectivity index (χ0) is 15.7. The fourth-order valence-electron chi connectivity index (χ4n) is 1.42. The number of alkyl halides is 5. The number of rotatable bonds is 4. The molecule has 1 aromatic carbocycles. The quantitative estimate of drug-likeness (QED) is 0.370. The molecule has 0 fully saturated rings. The highest BCUT2D eigenvalue weighted by molar-refractivity contribution is 5.98. The number of benzene rings is 1. The lowest BCUT2D eigenvalue weighted by Crippen LogP contribution is -2.14. The lowest BCUT2D eigenvalue weighted by atomic mass is 10.0. The van der Waals surface area contributed by atoms with Crippen molar-refractivity contribution >= 4 is 11.5 Å². The number of Topliss-reactive ketones (excluding diaryl/α,β-unsaturated/α-hetero) is 1. The zero-order valence-electron chi connectivity index (χ0n) is 9.70. The van der Waals surface area contributed by atoms with E-state index < -0.39 is 46.1 Å². The van der Waals surface area contributed by atoms with Crippen LogP contribution in [-0.2, 0) is 6.18 Å². The van der Waals surface area contributed by atoms with E-state index in [0.717, 1.165) is 6.92 Å². The molecule has 10 heteroatoms. The number of nitro benzene ring substituents is 1. The van der Waals surface area contributed by atoms with Crippen LogP contribution in [0.3, 0.4) is 0 Å². The van der Waals surface area contributed by atoms with Gasteiger partial charge in [-0.05, 0) is 13.0 Å². The largest absolute Gasteiger partial charge is 0.434 e. The minimum absolute atomic E-state index is 0.123. The molecular weight excluding hydrogens is 293 g/mol. The molecule has 0 amide bonds. The standard InChI is InChI=1S/C10H6F5NO4/c1-4(17)5-2-6(10(13,14)15)8(20-9(11)12)3-7(5)16(18)19/h2-3,9H,1H3. The third-order valence-corrected chi connectivity index (χ3v) is 2.20. The molecule has 0 saturated carbocycles. The Balaban J connectivity index is 3.60. The lowest BCUT2D eigenvalue weighted by molar-refractivity contribution is -0.385. The molecule has 5 nitrogen and oxygen atoms in total. The van der Waals surface area contributed by atoms with Gasteiger partial charge in [-0.25, -0.2) is 0 Å². The molecule has 20 heavy (non-hydrogen) atoms. The van der Waals surface area contributed by atoms with Crippen molar-refractivity contribution in [1.82, 2.24) is 0 Å². The van der Waals surface area contributed by atoms with Crippen molar-refractivity contribution in [3.05, 3.63) is 33.4 Å². The van der Waals surface area contributed by atoms with Gasteiger partial charge < -0.3 is 4.74 Å². The van der Waals surface area contributed by atoms with Gasteiger partial charge in [-0.3, -0.25) is 14.9 Å². The maximum absolute atomic E-state index is 12.7. The summed E-state index contributed by atoms with van der Waals surface area (Å²) in [5.41, 5.74) is -3.57. The van der Waals surface area contributed by atoms with Crippen LogP contribution in [0.1, 0.15) is 22.8 Å². The van der Waals surface area contributed by atoms with Gasteiger partial charge in [-0.2, -0.15) is 22.0 Å². The van der Waals surface area contributed by atoms with Crippen molar-refractivity contribution in [3.63, 3.8) is 0 Å². The van der Waals surface area contributed by atoms with Crippen molar-refractivity contribution in [2.24, 2.45) is 0 Å². The number of halogens is 5. The minimum atomic E-state index is -5.11. The van der Waals surface area contributed by atoms with Crippen molar-refractivity contribution in [2.75, 3.05) is 0 Å². The highest BCUT2D eigenvalue weighted by Gasteiger charge is 2.38. The topological polar surface area (TPSA) is 69.4 Å². The Morgan fingerprint density at radius 2 is 1.90 bits per heavy atom. The summed E-state index contributed by atoms with van der Waals surface area (Å²) in [6, 6.07) is 0.282. The van der Waals surface area contributed by atoms with E-state index in [9.17, 15) is 36.9 Å². The highest BCUT2D eigenvalue weighted by atomic mass is 19.4. The Morgan fingerprint density at radius 1 is 1.35 bits per heavy atom. The summed E-state index contributed by atoms with van der Waals surface area (Å²) in [7, 11) is 0. The maximum Gasteiger partial charge on any atom is 0.419 e. The van der Waals surface area contributed by atoms with E-state index >= 15 is 0 Å². The molecule has 110 valence electrons. The summed E-state index contributed by atoms with van der Waals surface area (Å²) in [6.45, 7) is -2.78. The van der Waals surface area contributed by atoms with Gasteiger partial charge in [0, 0.05) is 0 Å². The molecule has 0 aromatic heterocycles. The lowest BCUT2D eigenvalue weighted by Gasteiger charge is -2.14. The predicted molar refractivity (Wildman–Crippen MR) is 54.7 cm³/mol. The number of nitrogens with zero attached hydrogens (tertiary/aromatic N) is 1. The van der Waals surface area contributed by atoms with Crippen molar-refractivity contribution in [1.29, 1.82) is 0 Å². The van der Waals surface area contributed by atoms with Gasteiger partial charge in [0.2, 0.25) is 0 Å². The molecule has 0 aliphatic heterocycles. The predicted octanol–water partition coefficient (Wildman–Crippen LogP) is 3.42. The number of ether oxygens (including phenoxy) is 1. The second-order valence-electron chi connectivity index (χ2n) is 3.56. The molecule has 0 N–H and O–H groups in total. The Kier molecular flexibility index (Phi) is 4.26. The van der Waals surface area contributed by atoms with Gasteiger partial charge in [0.1, 0.15) is 5.75 Å². The van der Waals surface area contributed by atoms with Crippen LogP contribution in [0.25, 0.3) is 0 Å². The van der Waals surface area contributed by atoms with Gasteiger partial charge in [0.05, 0.1) is 22.1 Å². The average molecular weight is 299 g/mol. The molecular formula is C10H6F5NO4. The fraction of sp³-hybridized carbons (Fsp3) is 0.300. The summed E-state index contributed by atoms with van der Waals surface area (Å²) in [5, 5.41) is 10.7. The second-order valence-corrected chi connectivity index (χ2v) is 3.56. The van der Waals surface area contributed by atoms with E-state index in [-0.39, 0.29) is 12.1 Å². The van der Waals surface area contributed by atoms with Gasteiger partial charge in [-0.15, -0.1) is 0 Å². The van der Waals surface area contributed by atoms with Crippen LogP contribution < -0.4 is 4.74 Å². The Hall–Kier alpha value is -2.26. The van der Waals surface area contributed by atoms with E-state index in [4.69, 9.17) is 0 Å². The number of hydrogen-bond acceptors (Lipinski definition) is 4. The van der Waals surface area contributed by atoms with Gasteiger partial charge in [0.15, 0.2) is 5.78 Å². The summed E-state index contributed by atoms with van der Waals surface area (Å²) in [4.78, 5) is 20.6. The van der Waals surface area contributed by atoms with Crippen molar-refractivity contribution < 1.29 is 36.4 Å². The normalized spacial score (nSPS) is 11.6. The SMILES string of the molecule is CC(=O)c1cc(C(F)(F)F)c(OC(F)F)cc1[N+](=O)[O-]. The van der Waals surface area contributed by atoms with Crippen LogP contribution in [0.4, 0.5) is 27.6 Å². The summed E-state index contributed by atoms with van der Waals surface area (Å²) >= 11 is 0. The molecule has 0 heterocycles. The average Bonchev–Trinajstić information content (AvgIpc) is 2.25. The van der Waals surface area contributed by atoms with Gasteiger partial charge in [-0.1, -0.05) is 0 Å². The zero-order valence-corrected chi connectivity index (χ0v) is 9.70. The Bertz CT molecular complexity index is 555. The molecule has 0 unspecified atom stereocenters. The fourth-order valence-corrected chi connectivity index (χ4v) is 1.42. The molecule has 0 radical (unpaired) electrons. The van der Waals surface area contributed by atoms with Gasteiger partial charge in [0.25, 0.3) is 5.69 Å². The number of ketones is 1. The molecule has 0 atom stereocenters.